The molecule has 3 rings (SSSR count). The molecule has 3 aromatic rings. The number of sulfonamides is 1. The predicted octanol–water partition coefficient (Wildman–Crippen LogP) is 2.57. The van der Waals surface area contributed by atoms with E-state index in [1.165, 1.54) is 25.1 Å². The third-order valence-corrected chi connectivity index (χ3v) is 9.56. The maximum Gasteiger partial charge on any atom is 0.391 e. The summed E-state index contributed by atoms with van der Waals surface area (Å²) in [5, 5.41) is 8.81. The highest BCUT2D eigenvalue weighted by Gasteiger charge is 2.30. The number of nitrogens with two attached hydrogens (primary N) is 2. The van der Waals surface area contributed by atoms with Crippen LogP contribution in [0.2, 0.25) is 0 Å². The van der Waals surface area contributed by atoms with E-state index in [-0.39, 0.29) is 56.0 Å². The number of aromatic nitrogens is 1. The van der Waals surface area contributed by atoms with Crippen molar-refractivity contribution < 1.29 is 36.3 Å². The molecular weight excluding hydrogens is 560 g/mol. The molecule has 0 aliphatic rings. The summed E-state index contributed by atoms with van der Waals surface area (Å²) in [6.07, 6.45) is 1.08. The summed E-state index contributed by atoms with van der Waals surface area (Å²) in [6, 6.07) is 5.81. The lowest BCUT2D eigenvalue weighted by Crippen LogP contribution is -2.25. The fraction of sp³-hybridized carbons (Fsp3) is 0.364. The molecule has 206 valence electrons. The minimum absolute atomic E-state index is 0.0244. The van der Waals surface area contributed by atoms with Gasteiger partial charge in [0.25, 0.3) is 10.0 Å². The minimum atomic E-state index is -4.50. The van der Waals surface area contributed by atoms with Gasteiger partial charge < -0.3 is 30.4 Å². The summed E-state index contributed by atoms with van der Waals surface area (Å²) in [6.45, 7) is 2.45. The molecule has 1 unspecified atom stereocenters. The van der Waals surface area contributed by atoms with Crippen molar-refractivity contribution in [3.05, 3.63) is 41.5 Å². The standard InChI is InChI=1S/C22H27FN5O7PS2/c1-14-19-18(10-17(33-8-2-6-24)21(20(19)23)34-9-3-7-25)37-22(14)38(31,32)28-13-36(29,30)35-16-5-4-15(11-26)27-12-16/h4-5,10,12,28H,2-3,6-9,13,24-25H2,1H3,(H,29,30). The van der Waals surface area contributed by atoms with Crippen LogP contribution in [0.5, 0.6) is 17.2 Å². The highest BCUT2D eigenvalue weighted by Crippen LogP contribution is 2.45. The average molecular weight is 588 g/mol. The molecule has 0 saturated heterocycles. The molecule has 0 amide bonds. The quantitative estimate of drug-likeness (QED) is 0.160. The number of fused-ring (bicyclic) bond motifs is 1. The third kappa shape index (κ3) is 7.17. The number of nitriles is 1. The van der Waals surface area contributed by atoms with E-state index in [0.29, 0.717) is 25.9 Å². The molecule has 0 radical (unpaired) electrons. The first-order chi connectivity index (χ1) is 18.0. The van der Waals surface area contributed by atoms with E-state index in [9.17, 15) is 17.9 Å². The number of rotatable bonds is 14. The van der Waals surface area contributed by atoms with Crippen LogP contribution in [0.4, 0.5) is 4.39 Å². The van der Waals surface area contributed by atoms with E-state index in [4.69, 9.17) is 30.7 Å². The fourth-order valence-electron chi connectivity index (χ4n) is 3.25. The van der Waals surface area contributed by atoms with Crippen molar-refractivity contribution in [1.29, 1.82) is 5.26 Å². The number of thiophene rings is 1. The van der Waals surface area contributed by atoms with E-state index in [0.717, 1.165) is 17.5 Å². The number of benzene rings is 1. The van der Waals surface area contributed by atoms with Crippen molar-refractivity contribution in [2.45, 2.75) is 24.0 Å². The van der Waals surface area contributed by atoms with Gasteiger partial charge in [-0.3, -0.25) is 0 Å². The number of nitrogens with one attached hydrogen (secondary N) is 1. The van der Waals surface area contributed by atoms with Crippen molar-refractivity contribution in [3.8, 4) is 23.3 Å². The highest BCUT2D eigenvalue weighted by atomic mass is 32.2. The van der Waals surface area contributed by atoms with Crippen LogP contribution in [0.25, 0.3) is 10.1 Å². The second-order valence-corrected chi connectivity index (χ2v) is 12.7. The molecule has 0 bridgehead atoms. The van der Waals surface area contributed by atoms with Gasteiger partial charge in [0, 0.05) is 16.2 Å². The molecule has 0 aliphatic carbocycles. The van der Waals surface area contributed by atoms with Crippen molar-refractivity contribution in [2.24, 2.45) is 11.5 Å². The molecule has 0 fully saturated rings. The molecule has 1 atom stereocenters. The zero-order valence-corrected chi connectivity index (χ0v) is 22.9. The summed E-state index contributed by atoms with van der Waals surface area (Å²) in [4.78, 5) is 13.9. The Hall–Kier alpha value is -2.83. The summed E-state index contributed by atoms with van der Waals surface area (Å²) in [7, 11) is -8.86. The second kappa shape index (κ2) is 12.8. The van der Waals surface area contributed by atoms with Gasteiger partial charge in [-0.1, -0.05) is 0 Å². The maximum absolute atomic E-state index is 15.6. The van der Waals surface area contributed by atoms with Crippen LogP contribution in [0.1, 0.15) is 24.1 Å². The van der Waals surface area contributed by atoms with Gasteiger partial charge >= 0.3 is 7.60 Å². The Morgan fingerprint density at radius 1 is 1.24 bits per heavy atom. The van der Waals surface area contributed by atoms with E-state index in [1.807, 2.05) is 0 Å². The molecule has 0 saturated carbocycles. The number of nitrogens with zero attached hydrogens (tertiary/aromatic N) is 2. The van der Waals surface area contributed by atoms with Crippen molar-refractivity contribution in [1.82, 2.24) is 9.71 Å². The number of hydrogen-bond donors (Lipinski definition) is 4. The molecular formula is C22H27FN5O7PS2. The van der Waals surface area contributed by atoms with Gasteiger partial charge in [0.1, 0.15) is 28.0 Å². The molecule has 2 aromatic heterocycles. The first kappa shape index (κ1) is 29.7. The van der Waals surface area contributed by atoms with Gasteiger partial charge in [-0.2, -0.15) is 9.98 Å². The van der Waals surface area contributed by atoms with Crippen LogP contribution < -0.4 is 30.2 Å². The predicted molar refractivity (Wildman–Crippen MR) is 139 cm³/mol. The lowest BCUT2D eigenvalue weighted by molar-refractivity contribution is 0.256. The van der Waals surface area contributed by atoms with E-state index in [1.54, 1.807) is 6.07 Å². The van der Waals surface area contributed by atoms with Crippen LogP contribution in [0.3, 0.4) is 0 Å². The fourth-order valence-corrected chi connectivity index (χ4v) is 7.57. The molecule has 12 nitrogen and oxygen atoms in total. The maximum atomic E-state index is 15.6. The van der Waals surface area contributed by atoms with Gasteiger partial charge in [-0.25, -0.2) is 22.4 Å². The van der Waals surface area contributed by atoms with E-state index >= 15 is 4.39 Å². The number of hydrogen-bond acceptors (Lipinski definition) is 11. The smallest absolute Gasteiger partial charge is 0.391 e. The summed E-state index contributed by atoms with van der Waals surface area (Å²) < 4.78 is 72.5. The topological polar surface area (TPSA) is 200 Å². The molecule has 0 aliphatic heterocycles. The van der Waals surface area contributed by atoms with Gasteiger partial charge in [0.2, 0.25) is 0 Å². The van der Waals surface area contributed by atoms with Gasteiger partial charge in [0.05, 0.1) is 19.4 Å². The van der Waals surface area contributed by atoms with Crippen molar-refractivity contribution in [3.63, 3.8) is 0 Å². The lowest BCUT2D eigenvalue weighted by Gasteiger charge is -2.14. The molecule has 1 aromatic carbocycles. The van der Waals surface area contributed by atoms with Crippen LogP contribution in [-0.4, -0.2) is 50.9 Å². The zero-order valence-electron chi connectivity index (χ0n) is 20.3. The monoisotopic (exact) mass is 587 g/mol. The van der Waals surface area contributed by atoms with Crippen LogP contribution in [-0.2, 0) is 14.6 Å². The third-order valence-electron chi connectivity index (χ3n) is 5.03. The van der Waals surface area contributed by atoms with Gasteiger partial charge in [0.15, 0.2) is 17.3 Å². The summed E-state index contributed by atoms with van der Waals surface area (Å²) in [5.41, 5.74) is 11.2. The number of aryl methyl sites for hydroxylation is 1. The summed E-state index contributed by atoms with van der Waals surface area (Å²) >= 11 is 0.771. The van der Waals surface area contributed by atoms with E-state index < -0.39 is 29.7 Å². The van der Waals surface area contributed by atoms with Crippen LogP contribution in [0, 0.1) is 24.1 Å². The lowest BCUT2D eigenvalue weighted by atomic mass is 10.1. The Morgan fingerprint density at radius 2 is 1.92 bits per heavy atom. The Bertz CT molecular complexity index is 1480. The molecule has 38 heavy (non-hydrogen) atoms. The van der Waals surface area contributed by atoms with Gasteiger partial charge in [-0.15, -0.1) is 11.3 Å². The Labute approximate surface area is 222 Å². The number of pyridine rings is 1. The first-order valence-corrected chi connectivity index (χ1v) is 15.4. The first-order valence-electron chi connectivity index (χ1n) is 11.3. The minimum Gasteiger partial charge on any atom is -0.489 e. The Kier molecular flexibility index (Phi) is 10.0. The SMILES string of the molecule is Cc1c(S(=O)(=O)NCP(=O)(O)Oc2ccc(C#N)nc2)sc2cc(OCCCN)c(OCCCN)c(F)c12. The molecule has 16 heteroatoms. The molecule has 6 N–H and O–H groups in total. The summed E-state index contributed by atoms with van der Waals surface area (Å²) in [5.74, 6) is -0.978. The zero-order chi connectivity index (χ0) is 27.9. The van der Waals surface area contributed by atoms with E-state index in [2.05, 4.69) is 9.71 Å². The molecule has 2 heterocycles. The largest absolute Gasteiger partial charge is 0.489 e. The van der Waals surface area contributed by atoms with Crippen LogP contribution in [0.15, 0.2) is 28.6 Å². The van der Waals surface area contributed by atoms with Crippen LogP contribution >= 0.6 is 18.9 Å². The number of ether oxygens (including phenoxy) is 2. The highest BCUT2D eigenvalue weighted by molar-refractivity contribution is 7.92. The van der Waals surface area contributed by atoms with Crippen molar-refractivity contribution >= 4 is 39.0 Å². The van der Waals surface area contributed by atoms with Gasteiger partial charge in [-0.05, 0) is 50.6 Å². The Morgan fingerprint density at radius 3 is 2.53 bits per heavy atom. The second-order valence-electron chi connectivity index (χ2n) is 7.91. The molecule has 0 spiro atoms. The average Bonchev–Trinajstić information content (AvgIpc) is 3.22. The normalized spacial score (nSPS) is 13.2. The Balaban J connectivity index is 1.88. The number of halogens is 1. The van der Waals surface area contributed by atoms with Crippen molar-refractivity contribution in [2.75, 3.05) is 32.6 Å².